The van der Waals surface area contributed by atoms with E-state index >= 15 is 0 Å². The molecule has 0 bridgehead atoms. The fourth-order valence-corrected chi connectivity index (χ4v) is 2.13. The van der Waals surface area contributed by atoms with E-state index in [0.717, 1.165) is 6.54 Å². The maximum Gasteiger partial charge on any atom is 0.255 e. The van der Waals surface area contributed by atoms with Gasteiger partial charge in [-0.3, -0.25) is 4.79 Å². The molecule has 0 aliphatic heterocycles. The van der Waals surface area contributed by atoms with Crippen LogP contribution in [0.4, 0.5) is 0 Å². The summed E-state index contributed by atoms with van der Waals surface area (Å²) in [6.07, 6.45) is 6.46. The molecular weight excluding hydrogens is 264 g/mol. The molecule has 4 nitrogen and oxygen atoms in total. The van der Waals surface area contributed by atoms with Gasteiger partial charge in [-0.2, -0.15) is 0 Å². The van der Waals surface area contributed by atoms with Crippen molar-refractivity contribution in [3.05, 3.63) is 29.8 Å². The Kier molecular flexibility index (Phi) is 8.51. The standard InChI is InChI=1S/C17H28N2O2/c1-3-4-5-6-7-14(2)19-12-15-8-10-16(11-9-15)21-13-17(18)20/h8-11,14,19H,3-7,12-13H2,1-2H3,(H2,18,20). The zero-order valence-corrected chi connectivity index (χ0v) is 13.2. The van der Waals surface area contributed by atoms with E-state index in [1.54, 1.807) is 0 Å². The van der Waals surface area contributed by atoms with Gasteiger partial charge >= 0.3 is 0 Å². The molecule has 4 heteroatoms. The monoisotopic (exact) mass is 292 g/mol. The molecule has 0 aliphatic rings. The zero-order chi connectivity index (χ0) is 15.5. The van der Waals surface area contributed by atoms with E-state index in [0.29, 0.717) is 11.8 Å². The molecule has 3 N–H and O–H groups in total. The number of carbonyl (C=O) groups excluding carboxylic acids is 1. The first-order valence-electron chi connectivity index (χ1n) is 7.85. The lowest BCUT2D eigenvalue weighted by atomic mass is 10.1. The van der Waals surface area contributed by atoms with Gasteiger partial charge in [0.1, 0.15) is 5.75 Å². The third kappa shape index (κ3) is 8.35. The zero-order valence-electron chi connectivity index (χ0n) is 13.2. The first kappa shape index (κ1) is 17.5. The minimum atomic E-state index is -0.461. The van der Waals surface area contributed by atoms with Crippen LogP contribution in [0.1, 0.15) is 51.5 Å². The Balaban J connectivity index is 2.24. The summed E-state index contributed by atoms with van der Waals surface area (Å²) in [5.41, 5.74) is 6.25. The van der Waals surface area contributed by atoms with Crippen molar-refractivity contribution in [2.75, 3.05) is 6.61 Å². The highest BCUT2D eigenvalue weighted by molar-refractivity contribution is 5.75. The maximum atomic E-state index is 10.6. The van der Waals surface area contributed by atoms with Gasteiger partial charge < -0.3 is 15.8 Å². The number of unbranched alkanes of at least 4 members (excludes halogenated alkanes) is 3. The average molecular weight is 292 g/mol. The van der Waals surface area contributed by atoms with Crippen molar-refractivity contribution in [3.8, 4) is 5.75 Å². The Labute approximate surface area is 128 Å². The molecule has 0 heterocycles. The Morgan fingerprint density at radius 2 is 1.95 bits per heavy atom. The van der Waals surface area contributed by atoms with Crippen LogP contribution in [0.15, 0.2) is 24.3 Å². The number of rotatable bonds is 11. The number of primary amides is 1. The molecule has 0 radical (unpaired) electrons. The van der Waals surface area contributed by atoms with Crippen molar-refractivity contribution in [1.82, 2.24) is 5.32 Å². The molecule has 0 aliphatic carbocycles. The van der Waals surface area contributed by atoms with Crippen LogP contribution in [-0.4, -0.2) is 18.6 Å². The lowest BCUT2D eigenvalue weighted by Gasteiger charge is -2.14. The minimum Gasteiger partial charge on any atom is -0.484 e. The summed E-state index contributed by atoms with van der Waals surface area (Å²) < 4.78 is 5.23. The summed E-state index contributed by atoms with van der Waals surface area (Å²) in [5.74, 6) is 0.211. The van der Waals surface area contributed by atoms with Crippen LogP contribution >= 0.6 is 0 Å². The van der Waals surface area contributed by atoms with Crippen LogP contribution < -0.4 is 15.8 Å². The molecule has 0 fully saturated rings. The highest BCUT2D eigenvalue weighted by Gasteiger charge is 2.02. The third-order valence-corrected chi connectivity index (χ3v) is 3.45. The topological polar surface area (TPSA) is 64.3 Å². The Bertz CT molecular complexity index is 404. The average Bonchev–Trinajstić information content (AvgIpc) is 2.48. The van der Waals surface area contributed by atoms with Crippen LogP contribution in [0.2, 0.25) is 0 Å². The molecule has 0 saturated heterocycles. The Morgan fingerprint density at radius 1 is 1.24 bits per heavy atom. The first-order chi connectivity index (χ1) is 10.1. The van der Waals surface area contributed by atoms with Gasteiger partial charge in [0.05, 0.1) is 0 Å². The largest absolute Gasteiger partial charge is 0.484 e. The fourth-order valence-electron chi connectivity index (χ4n) is 2.13. The number of carbonyl (C=O) groups is 1. The van der Waals surface area contributed by atoms with Crippen molar-refractivity contribution >= 4 is 5.91 Å². The number of nitrogens with one attached hydrogen (secondary N) is 1. The second kappa shape index (κ2) is 10.2. The normalized spacial score (nSPS) is 12.1. The molecule has 0 spiro atoms. The van der Waals surface area contributed by atoms with Crippen molar-refractivity contribution in [1.29, 1.82) is 0 Å². The van der Waals surface area contributed by atoms with E-state index in [9.17, 15) is 4.79 Å². The summed E-state index contributed by atoms with van der Waals surface area (Å²) >= 11 is 0. The summed E-state index contributed by atoms with van der Waals surface area (Å²) in [6.45, 7) is 5.24. The molecular formula is C17H28N2O2. The highest BCUT2D eigenvalue weighted by Crippen LogP contribution is 2.12. The number of ether oxygens (including phenoxy) is 1. The molecule has 1 amide bonds. The van der Waals surface area contributed by atoms with Gasteiger partial charge in [0.15, 0.2) is 6.61 Å². The lowest BCUT2D eigenvalue weighted by Crippen LogP contribution is -2.25. The van der Waals surface area contributed by atoms with Gasteiger partial charge in [-0.05, 0) is 31.0 Å². The second-order valence-corrected chi connectivity index (χ2v) is 5.53. The van der Waals surface area contributed by atoms with Crippen LogP contribution in [0.25, 0.3) is 0 Å². The minimum absolute atomic E-state index is 0.0770. The molecule has 0 saturated carbocycles. The van der Waals surface area contributed by atoms with E-state index in [1.165, 1.54) is 37.7 Å². The Morgan fingerprint density at radius 3 is 2.57 bits per heavy atom. The SMILES string of the molecule is CCCCCCC(C)NCc1ccc(OCC(N)=O)cc1. The number of amides is 1. The molecule has 1 aromatic rings. The van der Waals surface area contributed by atoms with E-state index in [-0.39, 0.29) is 6.61 Å². The van der Waals surface area contributed by atoms with Crippen LogP contribution in [-0.2, 0) is 11.3 Å². The molecule has 1 rings (SSSR count). The van der Waals surface area contributed by atoms with E-state index in [2.05, 4.69) is 19.2 Å². The Hall–Kier alpha value is -1.55. The van der Waals surface area contributed by atoms with Crippen LogP contribution in [0.3, 0.4) is 0 Å². The molecule has 1 unspecified atom stereocenters. The van der Waals surface area contributed by atoms with Gasteiger partial charge in [-0.15, -0.1) is 0 Å². The predicted molar refractivity (Wildman–Crippen MR) is 86.2 cm³/mol. The van der Waals surface area contributed by atoms with Gasteiger partial charge in [0, 0.05) is 12.6 Å². The molecule has 1 atom stereocenters. The van der Waals surface area contributed by atoms with Crippen molar-refractivity contribution < 1.29 is 9.53 Å². The van der Waals surface area contributed by atoms with Gasteiger partial charge in [0.2, 0.25) is 0 Å². The maximum absolute atomic E-state index is 10.6. The molecule has 118 valence electrons. The van der Waals surface area contributed by atoms with E-state index < -0.39 is 5.91 Å². The van der Waals surface area contributed by atoms with Gasteiger partial charge in [0.25, 0.3) is 5.91 Å². The molecule has 21 heavy (non-hydrogen) atoms. The summed E-state index contributed by atoms with van der Waals surface area (Å²) in [7, 11) is 0. The van der Waals surface area contributed by atoms with Gasteiger partial charge in [-0.1, -0.05) is 44.7 Å². The number of benzene rings is 1. The van der Waals surface area contributed by atoms with Gasteiger partial charge in [-0.25, -0.2) is 0 Å². The summed E-state index contributed by atoms with van der Waals surface area (Å²) in [6, 6.07) is 8.28. The second-order valence-electron chi connectivity index (χ2n) is 5.53. The van der Waals surface area contributed by atoms with Crippen LogP contribution in [0.5, 0.6) is 5.75 Å². The smallest absolute Gasteiger partial charge is 0.255 e. The molecule has 0 aromatic heterocycles. The molecule has 1 aromatic carbocycles. The summed E-state index contributed by atoms with van der Waals surface area (Å²) in [4.78, 5) is 10.6. The van der Waals surface area contributed by atoms with Crippen molar-refractivity contribution in [2.24, 2.45) is 5.73 Å². The van der Waals surface area contributed by atoms with Crippen molar-refractivity contribution in [3.63, 3.8) is 0 Å². The summed E-state index contributed by atoms with van der Waals surface area (Å²) in [5, 5.41) is 3.53. The first-order valence-corrected chi connectivity index (χ1v) is 7.85. The van der Waals surface area contributed by atoms with Crippen molar-refractivity contribution in [2.45, 2.75) is 58.5 Å². The number of nitrogens with two attached hydrogens (primary N) is 1. The van der Waals surface area contributed by atoms with E-state index in [1.807, 2.05) is 24.3 Å². The lowest BCUT2D eigenvalue weighted by molar-refractivity contribution is -0.119. The predicted octanol–water partition coefficient (Wildman–Crippen LogP) is 3.00. The fraction of sp³-hybridized carbons (Fsp3) is 0.588. The number of hydrogen-bond donors (Lipinski definition) is 2. The van der Waals surface area contributed by atoms with Crippen LogP contribution in [0, 0.1) is 0 Å². The quantitative estimate of drug-likeness (QED) is 0.616. The van der Waals surface area contributed by atoms with E-state index in [4.69, 9.17) is 10.5 Å². The third-order valence-electron chi connectivity index (χ3n) is 3.45. The number of hydrogen-bond acceptors (Lipinski definition) is 3. The highest BCUT2D eigenvalue weighted by atomic mass is 16.5.